The lowest BCUT2D eigenvalue weighted by molar-refractivity contribution is 0.623. The number of halogens is 1. The summed E-state index contributed by atoms with van der Waals surface area (Å²) in [4.78, 5) is 17.2. The number of hydrogen-bond donors (Lipinski definition) is 3. The van der Waals surface area contributed by atoms with E-state index in [0.29, 0.717) is 17.2 Å². The van der Waals surface area contributed by atoms with Crippen LogP contribution in [0.1, 0.15) is 6.42 Å². The first kappa shape index (κ1) is 19.2. The number of pyridine rings is 2. The van der Waals surface area contributed by atoms with Gasteiger partial charge in [-0.05, 0) is 38.2 Å². The van der Waals surface area contributed by atoms with Gasteiger partial charge in [-0.2, -0.15) is 0 Å². The zero-order valence-electron chi connectivity index (χ0n) is 15.8. The summed E-state index contributed by atoms with van der Waals surface area (Å²) in [6, 6.07) is 5.37. The molecule has 4 aromatic rings. The number of hydrogen-bond acceptors (Lipinski definition) is 8. The van der Waals surface area contributed by atoms with Gasteiger partial charge in [-0.1, -0.05) is 0 Å². The number of aromatic nitrogens is 4. The number of nitrogens with zero attached hydrogens (tertiary/aromatic N) is 4. The lowest BCUT2D eigenvalue weighted by atomic mass is 10.2. The summed E-state index contributed by atoms with van der Waals surface area (Å²) in [6.07, 6.45) is 7.11. The highest BCUT2D eigenvalue weighted by Gasteiger charge is 2.17. The quantitative estimate of drug-likeness (QED) is 0.378. The standard InChI is InChI=1S/C20H20FN7S/c1-22-6-3-8-25-20-18-17(16(12-29-18)26-13-4-2-7-23-10-13)27-19(28-20)14-5-9-24-11-15(14)21/h2,4-5,7,9-12,22,26H,3,6,8H2,1H3,(H,25,27,28). The molecular weight excluding hydrogens is 389 g/mol. The van der Waals surface area contributed by atoms with Crippen molar-refractivity contribution in [3.63, 3.8) is 0 Å². The maximum atomic E-state index is 14.3. The van der Waals surface area contributed by atoms with Crippen LogP contribution in [0.5, 0.6) is 0 Å². The maximum absolute atomic E-state index is 14.3. The lowest BCUT2D eigenvalue weighted by Crippen LogP contribution is -2.13. The zero-order chi connectivity index (χ0) is 20.1. The van der Waals surface area contributed by atoms with E-state index in [1.54, 1.807) is 18.5 Å². The molecule has 0 spiro atoms. The van der Waals surface area contributed by atoms with Crippen LogP contribution in [0.4, 0.5) is 21.6 Å². The van der Waals surface area contributed by atoms with Crippen LogP contribution in [-0.2, 0) is 0 Å². The van der Waals surface area contributed by atoms with Crippen LogP contribution in [0.3, 0.4) is 0 Å². The van der Waals surface area contributed by atoms with Gasteiger partial charge >= 0.3 is 0 Å². The first-order valence-electron chi connectivity index (χ1n) is 9.21. The predicted molar refractivity (Wildman–Crippen MR) is 115 cm³/mol. The summed E-state index contributed by atoms with van der Waals surface area (Å²) in [6.45, 7) is 1.64. The molecule has 0 atom stereocenters. The fourth-order valence-electron chi connectivity index (χ4n) is 2.87. The molecule has 0 aliphatic heterocycles. The van der Waals surface area contributed by atoms with E-state index in [4.69, 9.17) is 0 Å². The van der Waals surface area contributed by atoms with Crippen molar-refractivity contribution in [3.8, 4) is 11.4 Å². The van der Waals surface area contributed by atoms with Crippen molar-refractivity contribution in [2.24, 2.45) is 0 Å². The van der Waals surface area contributed by atoms with Gasteiger partial charge in [0.15, 0.2) is 11.6 Å². The number of anilines is 3. The highest BCUT2D eigenvalue weighted by molar-refractivity contribution is 7.18. The van der Waals surface area contributed by atoms with Gasteiger partial charge in [0.05, 0.1) is 34.0 Å². The molecule has 4 rings (SSSR count). The topological polar surface area (TPSA) is 87.7 Å². The summed E-state index contributed by atoms with van der Waals surface area (Å²) in [5, 5.41) is 11.8. The molecule has 3 N–H and O–H groups in total. The molecule has 0 radical (unpaired) electrons. The highest BCUT2D eigenvalue weighted by atomic mass is 32.1. The summed E-state index contributed by atoms with van der Waals surface area (Å²) in [5.41, 5.74) is 2.73. The average Bonchev–Trinajstić information content (AvgIpc) is 3.15. The first-order valence-corrected chi connectivity index (χ1v) is 10.1. The average molecular weight is 409 g/mol. The van der Waals surface area contributed by atoms with Gasteiger partial charge in [-0.25, -0.2) is 14.4 Å². The number of fused-ring (bicyclic) bond motifs is 1. The minimum absolute atomic E-state index is 0.318. The third kappa shape index (κ3) is 4.30. The zero-order valence-corrected chi connectivity index (χ0v) is 16.6. The Hall–Kier alpha value is -3.17. The van der Waals surface area contributed by atoms with E-state index in [0.717, 1.165) is 41.1 Å². The Bertz CT molecular complexity index is 1100. The first-order chi connectivity index (χ1) is 14.3. The van der Waals surface area contributed by atoms with Gasteiger partial charge in [0.25, 0.3) is 0 Å². The molecule has 9 heteroatoms. The van der Waals surface area contributed by atoms with Gasteiger partial charge in [-0.3, -0.25) is 9.97 Å². The van der Waals surface area contributed by atoms with E-state index in [2.05, 4.69) is 35.9 Å². The van der Waals surface area contributed by atoms with E-state index < -0.39 is 5.82 Å². The lowest BCUT2D eigenvalue weighted by Gasteiger charge is -2.10. The second-order valence-corrected chi connectivity index (χ2v) is 7.21. The fourth-order valence-corrected chi connectivity index (χ4v) is 3.77. The van der Waals surface area contributed by atoms with Crippen LogP contribution in [-0.4, -0.2) is 40.1 Å². The fraction of sp³-hybridized carbons (Fsp3) is 0.200. The molecule has 0 unspecified atom stereocenters. The van der Waals surface area contributed by atoms with Crippen LogP contribution in [0.15, 0.2) is 48.4 Å². The van der Waals surface area contributed by atoms with Crippen molar-refractivity contribution in [2.75, 3.05) is 30.8 Å². The largest absolute Gasteiger partial charge is 0.369 e. The number of thiophene rings is 1. The summed E-state index contributed by atoms with van der Waals surface area (Å²) < 4.78 is 15.3. The molecule has 0 aliphatic rings. The van der Waals surface area contributed by atoms with Crippen molar-refractivity contribution in [1.29, 1.82) is 0 Å². The molecule has 0 fully saturated rings. The third-order valence-electron chi connectivity index (χ3n) is 4.27. The molecular formula is C20H20FN7S. The van der Waals surface area contributed by atoms with Crippen molar-refractivity contribution in [3.05, 3.63) is 54.2 Å². The molecule has 0 aromatic carbocycles. The van der Waals surface area contributed by atoms with Gasteiger partial charge < -0.3 is 16.0 Å². The normalized spacial score (nSPS) is 11.0. The van der Waals surface area contributed by atoms with Crippen molar-refractivity contribution >= 4 is 38.7 Å². The number of rotatable bonds is 8. The van der Waals surface area contributed by atoms with Crippen molar-refractivity contribution in [1.82, 2.24) is 25.3 Å². The Morgan fingerprint density at radius 3 is 2.76 bits per heavy atom. The second-order valence-electron chi connectivity index (χ2n) is 6.33. The Morgan fingerprint density at radius 2 is 1.97 bits per heavy atom. The van der Waals surface area contributed by atoms with E-state index >= 15 is 0 Å². The van der Waals surface area contributed by atoms with E-state index in [1.165, 1.54) is 23.7 Å². The molecule has 0 saturated carbocycles. The molecule has 0 amide bonds. The molecule has 0 aliphatic carbocycles. The Labute approximate surface area is 171 Å². The van der Waals surface area contributed by atoms with Crippen LogP contribution < -0.4 is 16.0 Å². The van der Waals surface area contributed by atoms with E-state index in [1.807, 2.05) is 24.6 Å². The maximum Gasteiger partial charge on any atom is 0.165 e. The van der Waals surface area contributed by atoms with Gasteiger partial charge in [0.2, 0.25) is 0 Å². The molecule has 4 heterocycles. The van der Waals surface area contributed by atoms with Crippen LogP contribution >= 0.6 is 11.3 Å². The van der Waals surface area contributed by atoms with Crippen molar-refractivity contribution in [2.45, 2.75) is 6.42 Å². The van der Waals surface area contributed by atoms with Gasteiger partial charge in [0.1, 0.15) is 11.3 Å². The minimum Gasteiger partial charge on any atom is -0.369 e. The highest BCUT2D eigenvalue weighted by Crippen LogP contribution is 2.36. The van der Waals surface area contributed by atoms with Gasteiger partial charge in [-0.15, -0.1) is 11.3 Å². The molecule has 0 bridgehead atoms. The van der Waals surface area contributed by atoms with Crippen molar-refractivity contribution < 1.29 is 4.39 Å². The molecule has 29 heavy (non-hydrogen) atoms. The predicted octanol–water partition coefficient (Wildman–Crippen LogP) is 4.05. The monoisotopic (exact) mass is 409 g/mol. The van der Waals surface area contributed by atoms with E-state index in [9.17, 15) is 4.39 Å². The summed E-state index contributed by atoms with van der Waals surface area (Å²) >= 11 is 1.54. The summed E-state index contributed by atoms with van der Waals surface area (Å²) in [7, 11) is 1.92. The minimum atomic E-state index is -0.454. The smallest absolute Gasteiger partial charge is 0.165 e. The Balaban J connectivity index is 1.77. The molecule has 0 saturated heterocycles. The third-order valence-corrected chi connectivity index (χ3v) is 5.24. The second kappa shape index (κ2) is 8.89. The van der Waals surface area contributed by atoms with Crippen LogP contribution in [0, 0.1) is 5.82 Å². The molecule has 7 nitrogen and oxygen atoms in total. The van der Waals surface area contributed by atoms with Crippen LogP contribution in [0.25, 0.3) is 21.6 Å². The number of nitrogens with one attached hydrogen (secondary N) is 3. The van der Waals surface area contributed by atoms with Gasteiger partial charge in [0, 0.05) is 24.3 Å². The Morgan fingerprint density at radius 1 is 1.07 bits per heavy atom. The van der Waals surface area contributed by atoms with E-state index in [-0.39, 0.29) is 0 Å². The van der Waals surface area contributed by atoms with Crippen LogP contribution in [0.2, 0.25) is 0 Å². The Kier molecular flexibility index (Phi) is 5.87. The SMILES string of the molecule is CNCCCNc1nc(-c2ccncc2F)nc2c(Nc3cccnc3)csc12. The molecule has 148 valence electrons. The summed E-state index contributed by atoms with van der Waals surface area (Å²) in [5.74, 6) is 0.563. The molecule has 4 aromatic heterocycles.